The van der Waals surface area contributed by atoms with Crippen molar-refractivity contribution in [2.45, 2.75) is 39.7 Å². The van der Waals surface area contributed by atoms with Crippen molar-refractivity contribution in [3.05, 3.63) is 12.2 Å². The first kappa shape index (κ1) is 9.70. The molecule has 0 spiro atoms. The Balaban J connectivity index is 3.33. The largest absolute Gasteiger partial charge is 0.393 e. The zero-order valence-corrected chi connectivity index (χ0v) is 7.17. The Labute approximate surface area is 63.8 Å². The molecule has 0 aliphatic rings. The third kappa shape index (κ3) is 5.83. The molecule has 0 aromatic carbocycles. The summed E-state index contributed by atoms with van der Waals surface area (Å²) in [6, 6.07) is 0. The molecule has 1 unspecified atom stereocenters. The molecule has 0 amide bonds. The Bertz CT molecular complexity index is 94.9. The molecule has 0 aliphatic heterocycles. The molecule has 0 saturated carbocycles. The van der Waals surface area contributed by atoms with E-state index in [1.807, 2.05) is 6.92 Å². The SMILES string of the molecule is CCC(O)C/C=C/C(C)C. The highest BCUT2D eigenvalue weighted by Crippen LogP contribution is 2.00. The van der Waals surface area contributed by atoms with Crippen LogP contribution in [0.2, 0.25) is 0 Å². The van der Waals surface area contributed by atoms with Gasteiger partial charge in [0, 0.05) is 0 Å². The zero-order valence-electron chi connectivity index (χ0n) is 7.17. The van der Waals surface area contributed by atoms with Crippen molar-refractivity contribution in [2.75, 3.05) is 0 Å². The predicted octanol–water partition coefficient (Wildman–Crippen LogP) is 2.36. The van der Waals surface area contributed by atoms with Crippen LogP contribution in [-0.2, 0) is 0 Å². The summed E-state index contributed by atoms with van der Waals surface area (Å²) in [5, 5.41) is 9.12. The Hall–Kier alpha value is -0.300. The second kappa shape index (κ2) is 5.48. The lowest BCUT2D eigenvalue weighted by molar-refractivity contribution is 0.173. The van der Waals surface area contributed by atoms with E-state index >= 15 is 0 Å². The summed E-state index contributed by atoms with van der Waals surface area (Å²) >= 11 is 0. The first-order chi connectivity index (χ1) is 4.66. The highest BCUT2D eigenvalue weighted by atomic mass is 16.3. The molecule has 0 aromatic heterocycles. The van der Waals surface area contributed by atoms with Crippen LogP contribution < -0.4 is 0 Å². The average Bonchev–Trinajstić information content (AvgIpc) is 1.87. The maximum atomic E-state index is 9.12. The van der Waals surface area contributed by atoms with Gasteiger partial charge in [0.2, 0.25) is 0 Å². The lowest BCUT2D eigenvalue weighted by Gasteiger charge is -2.02. The quantitative estimate of drug-likeness (QED) is 0.597. The highest BCUT2D eigenvalue weighted by Gasteiger charge is 1.94. The van der Waals surface area contributed by atoms with Gasteiger partial charge in [-0.05, 0) is 18.8 Å². The molecule has 0 heterocycles. The van der Waals surface area contributed by atoms with Gasteiger partial charge >= 0.3 is 0 Å². The lowest BCUT2D eigenvalue weighted by atomic mass is 10.1. The van der Waals surface area contributed by atoms with E-state index in [1.54, 1.807) is 0 Å². The molecule has 60 valence electrons. The highest BCUT2D eigenvalue weighted by molar-refractivity contribution is 4.85. The van der Waals surface area contributed by atoms with Gasteiger partial charge in [-0.1, -0.05) is 32.9 Å². The maximum Gasteiger partial charge on any atom is 0.0572 e. The molecular weight excluding hydrogens is 124 g/mol. The van der Waals surface area contributed by atoms with Gasteiger partial charge in [-0.15, -0.1) is 0 Å². The Morgan fingerprint density at radius 2 is 2.00 bits per heavy atom. The molecule has 0 aromatic rings. The first-order valence-electron chi connectivity index (χ1n) is 4.01. The molecule has 0 radical (unpaired) electrons. The van der Waals surface area contributed by atoms with Crippen molar-refractivity contribution in [3.63, 3.8) is 0 Å². The smallest absolute Gasteiger partial charge is 0.0572 e. The van der Waals surface area contributed by atoms with E-state index in [0.29, 0.717) is 5.92 Å². The minimum atomic E-state index is -0.144. The van der Waals surface area contributed by atoms with Gasteiger partial charge in [0.15, 0.2) is 0 Å². The zero-order chi connectivity index (χ0) is 7.98. The molecule has 10 heavy (non-hydrogen) atoms. The normalized spacial score (nSPS) is 14.9. The average molecular weight is 142 g/mol. The predicted molar refractivity (Wildman–Crippen MR) is 44.9 cm³/mol. The van der Waals surface area contributed by atoms with Crippen LogP contribution in [0.5, 0.6) is 0 Å². The number of allylic oxidation sites excluding steroid dienone is 1. The standard InChI is InChI=1S/C9H18O/c1-4-9(10)7-5-6-8(2)3/h5-6,8-10H,4,7H2,1-3H3/b6-5+. The molecule has 1 N–H and O–H groups in total. The summed E-state index contributed by atoms with van der Waals surface area (Å²) in [6.07, 6.45) is 5.68. The minimum absolute atomic E-state index is 0.144. The van der Waals surface area contributed by atoms with Gasteiger partial charge in [-0.2, -0.15) is 0 Å². The maximum absolute atomic E-state index is 9.12. The molecule has 1 heteroatoms. The summed E-state index contributed by atoms with van der Waals surface area (Å²) in [5.74, 6) is 0.601. The number of hydrogen-bond donors (Lipinski definition) is 1. The molecule has 0 bridgehead atoms. The van der Waals surface area contributed by atoms with Crippen molar-refractivity contribution in [3.8, 4) is 0 Å². The molecule has 0 rings (SSSR count). The van der Waals surface area contributed by atoms with Crippen LogP contribution in [0.1, 0.15) is 33.6 Å². The summed E-state index contributed by atoms with van der Waals surface area (Å²) < 4.78 is 0. The van der Waals surface area contributed by atoms with Crippen LogP contribution in [0, 0.1) is 5.92 Å². The second-order valence-corrected chi connectivity index (χ2v) is 2.97. The van der Waals surface area contributed by atoms with E-state index in [-0.39, 0.29) is 6.10 Å². The third-order valence-corrected chi connectivity index (χ3v) is 1.40. The minimum Gasteiger partial charge on any atom is -0.393 e. The summed E-state index contributed by atoms with van der Waals surface area (Å²) in [7, 11) is 0. The van der Waals surface area contributed by atoms with E-state index in [9.17, 15) is 0 Å². The van der Waals surface area contributed by atoms with Crippen molar-refractivity contribution < 1.29 is 5.11 Å². The first-order valence-corrected chi connectivity index (χ1v) is 4.01. The van der Waals surface area contributed by atoms with Crippen LogP contribution >= 0.6 is 0 Å². The molecule has 0 fully saturated rings. The van der Waals surface area contributed by atoms with Crippen molar-refractivity contribution in [1.82, 2.24) is 0 Å². The fraction of sp³-hybridized carbons (Fsp3) is 0.778. The van der Waals surface area contributed by atoms with Gasteiger partial charge in [-0.25, -0.2) is 0 Å². The van der Waals surface area contributed by atoms with E-state index in [2.05, 4.69) is 26.0 Å². The van der Waals surface area contributed by atoms with E-state index < -0.39 is 0 Å². The Morgan fingerprint density at radius 3 is 2.40 bits per heavy atom. The van der Waals surface area contributed by atoms with Gasteiger partial charge in [0.1, 0.15) is 0 Å². The van der Waals surface area contributed by atoms with E-state index in [1.165, 1.54) is 0 Å². The van der Waals surface area contributed by atoms with Crippen LogP contribution in [0.3, 0.4) is 0 Å². The summed E-state index contributed by atoms with van der Waals surface area (Å²) in [4.78, 5) is 0. The Kier molecular flexibility index (Phi) is 5.32. The fourth-order valence-corrected chi connectivity index (χ4v) is 0.674. The molecular formula is C9H18O. The molecule has 0 aliphatic carbocycles. The van der Waals surface area contributed by atoms with E-state index in [0.717, 1.165) is 12.8 Å². The topological polar surface area (TPSA) is 20.2 Å². The van der Waals surface area contributed by atoms with Gasteiger partial charge in [0.25, 0.3) is 0 Å². The molecule has 1 nitrogen and oxygen atoms in total. The fourth-order valence-electron chi connectivity index (χ4n) is 0.674. The van der Waals surface area contributed by atoms with Crippen molar-refractivity contribution in [1.29, 1.82) is 0 Å². The van der Waals surface area contributed by atoms with Crippen LogP contribution in [0.15, 0.2) is 12.2 Å². The summed E-state index contributed by atoms with van der Waals surface area (Å²) in [6.45, 7) is 6.26. The number of rotatable bonds is 4. The number of aliphatic hydroxyl groups excluding tert-OH is 1. The van der Waals surface area contributed by atoms with Crippen LogP contribution in [0.4, 0.5) is 0 Å². The monoisotopic (exact) mass is 142 g/mol. The van der Waals surface area contributed by atoms with Gasteiger partial charge < -0.3 is 5.11 Å². The van der Waals surface area contributed by atoms with Crippen molar-refractivity contribution in [2.24, 2.45) is 5.92 Å². The lowest BCUT2D eigenvalue weighted by Crippen LogP contribution is -2.01. The van der Waals surface area contributed by atoms with Crippen LogP contribution in [-0.4, -0.2) is 11.2 Å². The van der Waals surface area contributed by atoms with Gasteiger partial charge in [-0.3, -0.25) is 0 Å². The van der Waals surface area contributed by atoms with Gasteiger partial charge in [0.05, 0.1) is 6.10 Å². The molecule has 1 atom stereocenters. The third-order valence-electron chi connectivity index (χ3n) is 1.40. The second-order valence-electron chi connectivity index (χ2n) is 2.97. The van der Waals surface area contributed by atoms with Crippen LogP contribution in [0.25, 0.3) is 0 Å². The molecule has 0 saturated heterocycles. The number of hydrogen-bond acceptors (Lipinski definition) is 1. The summed E-state index contributed by atoms with van der Waals surface area (Å²) in [5.41, 5.74) is 0. The van der Waals surface area contributed by atoms with Crippen molar-refractivity contribution >= 4 is 0 Å². The van der Waals surface area contributed by atoms with E-state index in [4.69, 9.17) is 5.11 Å². The number of aliphatic hydroxyl groups is 1. The Morgan fingerprint density at radius 1 is 1.40 bits per heavy atom.